The summed E-state index contributed by atoms with van der Waals surface area (Å²) in [6, 6.07) is 0.237. The maximum atomic E-state index is 6.06. The number of hydrogen-bond donors (Lipinski definition) is 1. The molecule has 1 atom stereocenters. The highest BCUT2D eigenvalue weighted by Crippen LogP contribution is 2.18. The average Bonchev–Trinajstić information content (AvgIpc) is 2.55. The molecular formula is C11H20ClN3. The maximum absolute atomic E-state index is 6.06. The third-order valence-electron chi connectivity index (χ3n) is 2.77. The SMILES string of the molecule is CCn1ncc(Cl)c1CCC(N)C(C)C. The van der Waals surface area contributed by atoms with Gasteiger partial charge in [0.25, 0.3) is 0 Å². The molecule has 15 heavy (non-hydrogen) atoms. The fraction of sp³-hybridized carbons (Fsp3) is 0.727. The van der Waals surface area contributed by atoms with Crippen LogP contribution in [0.15, 0.2) is 6.20 Å². The van der Waals surface area contributed by atoms with Gasteiger partial charge >= 0.3 is 0 Å². The van der Waals surface area contributed by atoms with E-state index in [0.29, 0.717) is 5.92 Å². The molecule has 0 amide bonds. The molecule has 0 radical (unpaired) electrons. The molecule has 4 heteroatoms. The molecule has 0 aliphatic carbocycles. The third kappa shape index (κ3) is 3.21. The number of aromatic nitrogens is 2. The minimum absolute atomic E-state index is 0.237. The van der Waals surface area contributed by atoms with Crippen LogP contribution in [0.5, 0.6) is 0 Å². The van der Waals surface area contributed by atoms with E-state index in [4.69, 9.17) is 17.3 Å². The van der Waals surface area contributed by atoms with E-state index in [-0.39, 0.29) is 6.04 Å². The van der Waals surface area contributed by atoms with Gasteiger partial charge in [0, 0.05) is 12.6 Å². The molecule has 0 fully saturated rings. The van der Waals surface area contributed by atoms with Gasteiger partial charge in [0.15, 0.2) is 0 Å². The molecule has 0 spiro atoms. The van der Waals surface area contributed by atoms with Crippen molar-refractivity contribution in [2.24, 2.45) is 11.7 Å². The Hall–Kier alpha value is -0.540. The number of nitrogens with zero attached hydrogens (tertiary/aromatic N) is 2. The van der Waals surface area contributed by atoms with Gasteiger partial charge < -0.3 is 5.73 Å². The summed E-state index contributed by atoms with van der Waals surface area (Å²) >= 11 is 6.06. The summed E-state index contributed by atoms with van der Waals surface area (Å²) in [5, 5.41) is 4.96. The second-order valence-electron chi connectivity index (χ2n) is 4.20. The smallest absolute Gasteiger partial charge is 0.0817 e. The summed E-state index contributed by atoms with van der Waals surface area (Å²) < 4.78 is 1.94. The Balaban J connectivity index is 2.60. The zero-order valence-electron chi connectivity index (χ0n) is 9.70. The lowest BCUT2D eigenvalue weighted by Gasteiger charge is -2.15. The number of nitrogens with two attached hydrogens (primary N) is 1. The van der Waals surface area contributed by atoms with Crippen molar-refractivity contribution in [3.05, 3.63) is 16.9 Å². The van der Waals surface area contributed by atoms with E-state index in [1.807, 2.05) is 4.68 Å². The second-order valence-corrected chi connectivity index (χ2v) is 4.61. The second kappa shape index (κ2) is 5.52. The van der Waals surface area contributed by atoms with Crippen LogP contribution < -0.4 is 5.73 Å². The van der Waals surface area contributed by atoms with Gasteiger partial charge in [-0.2, -0.15) is 5.10 Å². The quantitative estimate of drug-likeness (QED) is 0.843. The fourth-order valence-electron chi connectivity index (χ4n) is 1.55. The molecule has 0 saturated heterocycles. The number of aryl methyl sites for hydroxylation is 1. The van der Waals surface area contributed by atoms with Crippen LogP contribution in [0.4, 0.5) is 0 Å². The van der Waals surface area contributed by atoms with Gasteiger partial charge in [-0.3, -0.25) is 4.68 Å². The van der Waals surface area contributed by atoms with Crippen molar-refractivity contribution >= 4 is 11.6 Å². The lowest BCUT2D eigenvalue weighted by molar-refractivity contribution is 0.456. The molecule has 0 aliphatic heterocycles. The molecular weight excluding hydrogens is 210 g/mol. The standard InChI is InChI=1S/C11H20ClN3/c1-4-15-11(9(12)7-14-15)6-5-10(13)8(2)3/h7-8,10H,4-6,13H2,1-3H3. The van der Waals surface area contributed by atoms with E-state index in [1.54, 1.807) is 6.20 Å². The first-order chi connectivity index (χ1) is 7.06. The molecule has 1 aromatic heterocycles. The first-order valence-electron chi connectivity index (χ1n) is 5.52. The zero-order chi connectivity index (χ0) is 11.4. The van der Waals surface area contributed by atoms with Crippen LogP contribution in [0.1, 0.15) is 32.9 Å². The van der Waals surface area contributed by atoms with Crippen molar-refractivity contribution in [3.8, 4) is 0 Å². The summed E-state index contributed by atoms with van der Waals surface area (Å²) in [4.78, 5) is 0. The van der Waals surface area contributed by atoms with Crippen LogP contribution in [0.25, 0.3) is 0 Å². The minimum Gasteiger partial charge on any atom is -0.327 e. The summed E-state index contributed by atoms with van der Waals surface area (Å²) in [6.45, 7) is 7.21. The van der Waals surface area contributed by atoms with Crippen molar-refractivity contribution in [3.63, 3.8) is 0 Å². The van der Waals surface area contributed by atoms with Crippen LogP contribution >= 0.6 is 11.6 Å². The van der Waals surface area contributed by atoms with Crippen LogP contribution in [0, 0.1) is 5.92 Å². The Labute approximate surface area is 96.6 Å². The van der Waals surface area contributed by atoms with E-state index >= 15 is 0 Å². The summed E-state index contributed by atoms with van der Waals surface area (Å²) in [6.07, 6.45) is 3.58. The highest BCUT2D eigenvalue weighted by molar-refractivity contribution is 6.31. The molecule has 1 unspecified atom stereocenters. The van der Waals surface area contributed by atoms with E-state index in [0.717, 1.165) is 30.1 Å². The molecule has 2 N–H and O–H groups in total. The Morgan fingerprint density at radius 2 is 2.20 bits per heavy atom. The van der Waals surface area contributed by atoms with Gasteiger partial charge in [0.2, 0.25) is 0 Å². The highest BCUT2D eigenvalue weighted by Gasteiger charge is 2.12. The monoisotopic (exact) mass is 229 g/mol. The molecule has 1 rings (SSSR count). The van der Waals surface area contributed by atoms with E-state index in [2.05, 4.69) is 25.9 Å². The van der Waals surface area contributed by atoms with Crippen molar-refractivity contribution in [1.29, 1.82) is 0 Å². The van der Waals surface area contributed by atoms with Crippen molar-refractivity contribution in [2.45, 2.75) is 46.2 Å². The molecule has 1 aromatic rings. The van der Waals surface area contributed by atoms with Crippen molar-refractivity contribution < 1.29 is 0 Å². The Morgan fingerprint density at radius 1 is 1.53 bits per heavy atom. The Kier molecular flexibility index (Phi) is 4.61. The molecule has 0 bridgehead atoms. The molecule has 3 nitrogen and oxygen atoms in total. The summed E-state index contributed by atoms with van der Waals surface area (Å²) in [7, 11) is 0. The topological polar surface area (TPSA) is 43.8 Å². The molecule has 86 valence electrons. The number of halogens is 1. The third-order valence-corrected chi connectivity index (χ3v) is 3.08. The van der Waals surface area contributed by atoms with Gasteiger partial charge in [-0.05, 0) is 25.7 Å². The number of hydrogen-bond acceptors (Lipinski definition) is 2. The van der Waals surface area contributed by atoms with Crippen LogP contribution in [-0.4, -0.2) is 15.8 Å². The summed E-state index contributed by atoms with van der Waals surface area (Å²) in [5.41, 5.74) is 7.11. The van der Waals surface area contributed by atoms with Crippen LogP contribution in [0.2, 0.25) is 5.02 Å². The Morgan fingerprint density at radius 3 is 2.73 bits per heavy atom. The van der Waals surface area contributed by atoms with E-state index < -0.39 is 0 Å². The normalized spacial score (nSPS) is 13.5. The molecule has 0 saturated carbocycles. The maximum Gasteiger partial charge on any atom is 0.0817 e. The highest BCUT2D eigenvalue weighted by atomic mass is 35.5. The van der Waals surface area contributed by atoms with Crippen LogP contribution in [-0.2, 0) is 13.0 Å². The predicted molar refractivity (Wildman–Crippen MR) is 64.0 cm³/mol. The van der Waals surface area contributed by atoms with E-state index in [1.165, 1.54) is 0 Å². The number of rotatable bonds is 5. The van der Waals surface area contributed by atoms with Crippen molar-refractivity contribution in [1.82, 2.24) is 9.78 Å². The predicted octanol–water partition coefficient (Wildman–Crippen LogP) is 2.47. The molecule has 0 aromatic carbocycles. The average molecular weight is 230 g/mol. The molecule has 1 heterocycles. The van der Waals surface area contributed by atoms with Gasteiger partial charge in [-0.15, -0.1) is 0 Å². The first kappa shape index (κ1) is 12.5. The lowest BCUT2D eigenvalue weighted by Crippen LogP contribution is -2.27. The van der Waals surface area contributed by atoms with Crippen molar-refractivity contribution in [2.75, 3.05) is 0 Å². The Bertz CT molecular complexity index is 307. The largest absolute Gasteiger partial charge is 0.327 e. The minimum atomic E-state index is 0.237. The van der Waals surface area contributed by atoms with Gasteiger partial charge in [-0.25, -0.2) is 0 Å². The first-order valence-corrected chi connectivity index (χ1v) is 5.89. The zero-order valence-corrected chi connectivity index (χ0v) is 10.5. The van der Waals surface area contributed by atoms with Gasteiger partial charge in [0.1, 0.15) is 0 Å². The fourth-order valence-corrected chi connectivity index (χ4v) is 1.78. The lowest BCUT2D eigenvalue weighted by atomic mass is 9.99. The summed E-state index contributed by atoms with van der Waals surface area (Å²) in [5.74, 6) is 0.516. The van der Waals surface area contributed by atoms with E-state index in [9.17, 15) is 0 Å². The van der Waals surface area contributed by atoms with Gasteiger partial charge in [-0.1, -0.05) is 25.4 Å². The van der Waals surface area contributed by atoms with Gasteiger partial charge in [0.05, 0.1) is 16.9 Å². The molecule has 0 aliphatic rings. The van der Waals surface area contributed by atoms with Crippen LogP contribution in [0.3, 0.4) is 0 Å².